The number of rotatable bonds is 8. The Labute approximate surface area is 225 Å². The molecule has 0 aliphatic carbocycles. The Kier molecular flexibility index (Phi) is 7.63. The van der Waals surface area contributed by atoms with Crippen molar-refractivity contribution in [2.45, 2.75) is 25.1 Å². The quantitative estimate of drug-likeness (QED) is 0.310. The van der Waals surface area contributed by atoms with Gasteiger partial charge >= 0.3 is 6.09 Å². The van der Waals surface area contributed by atoms with Gasteiger partial charge in [0, 0.05) is 11.4 Å². The molecule has 2 atom stereocenters. The van der Waals surface area contributed by atoms with E-state index in [9.17, 15) is 18.8 Å². The molecule has 2 N–H and O–H groups in total. The summed E-state index contributed by atoms with van der Waals surface area (Å²) < 4.78 is 19.1. The van der Waals surface area contributed by atoms with Gasteiger partial charge in [-0.3, -0.25) is 14.5 Å². The van der Waals surface area contributed by atoms with Gasteiger partial charge in [-0.2, -0.15) is 0 Å². The largest absolute Gasteiger partial charge is 0.438 e. The number of hydrogen-bond donors (Lipinski definition) is 2. The lowest BCUT2D eigenvalue weighted by Gasteiger charge is -2.24. The van der Waals surface area contributed by atoms with Gasteiger partial charge in [-0.05, 0) is 53.1 Å². The number of nitrogens with zero attached hydrogens (tertiary/aromatic N) is 1. The zero-order chi connectivity index (χ0) is 27.2. The molecule has 196 valence electrons. The average Bonchev–Trinajstić information content (AvgIpc) is 3.27. The van der Waals surface area contributed by atoms with Gasteiger partial charge in [0.1, 0.15) is 5.82 Å². The Morgan fingerprint density at radius 2 is 1.36 bits per heavy atom. The van der Waals surface area contributed by atoms with Crippen LogP contribution in [0.3, 0.4) is 0 Å². The molecule has 0 spiro atoms. The monoisotopic (exact) mass is 523 g/mol. The van der Waals surface area contributed by atoms with Crippen LogP contribution in [0.2, 0.25) is 0 Å². The van der Waals surface area contributed by atoms with Crippen molar-refractivity contribution in [2.24, 2.45) is 0 Å². The fraction of sp³-hybridized carbons (Fsp3) is 0.129. The van der Waals surface area contributed by atoms with Crippen LogP contribution in [0.25, 0.3) is 0 Å². The van der Waals surface area contributed by atoms with E-state index in [4.69, 9.17) is 4.74 Å². The van der Waals surface area contributed by atoms with E-state index in [2.05, 4.69) is 10.6 Å². The molecule has 1 saturated heterocycles. The number of ether oxygens (including phenoxy) is 1. The molecule has 8 heteroatoms. The highest BCUT2D eigenvalue weighted by atomic mass is 19.1. The molecule has 5 rings (SSSR count). The summed E-state index contributed by atoms with van der Waals surface area (Å²) in [4.78, 5) is 40.3. The van der Waals surface area contributed by atoms with E-state index in [-0.39, 0.29) is 18.9 Å². The topological polar surface area (TPSA) is 87.7 Å². The second-order valence-electron chi connectivity index (χ2n) is 9.19. The van der Waals surface area contributed by atoms with Crippen LogP contribution < -0.4 is 10.6 Å². The van der Waals surface area contributed by atoms with Crippen molar-refractivity contribution in [3.8, 4) is 0 Å². The zero-order valence-corrected chi connectivity index (χ0v) is 20.9. The van der Waals surface area contributed by atoms with E-state index in [1.165, 1.54) is 17.0 Å². The van der Waals surface area contributed by atoms with Gasteiger partial charge in [-0.25, -0.2) is 9.18 Å². The number of halogens is 1. The van der Waals surface area contributed by atoms with Crippen molar-refractivity contribution in [3.63, 3.8) is 0 Å². The van der Waals surface area contributed by atoms with Crippen molar-refractivity contribution >= 4 is 29.3 Å². The number of para-hydroxylation sites is 1. The van der Waals surface area contributed by atoms with Crippen molar-refractivity contribution < 1.29 is 23.5 Å². The lowest BCUT2D eigenvalue weighted by Crippen LogP contribution is -2.43. The van der Waals surface area contributed by atoms with E-state index in [0.717, 1.165) is 5.56 Å². The van der Waals surface area contributed by atoms with Crippen LogP contribution in [-0.2, 0) is 27.3 Å². The zero-order valence-electron chi connectivity index (χ0n) is 20.9. The normalized spacial score (nSPS) is 16.4. The number of anilines is 2. The molecule has 1 fully saturated rings. The summed E-state index contributed by atoms with van der Waals surface area (Å²) in [5.74, 6) is -0.971. The van der Waals surface area contributed by atoms with Crippen molar-refractivity contribution in [3.05, 3.63) is 132 Å². The van der Waals surface area contributed by atoms with E-state index >= 15 is 0 Å². The van der Waals surface area contributed by atoms with Gasteiger partial charge in [0.2, 0.25) is 5.91 Å². The fourth-order valence-electron chi connectivity index (χ4n) is 4.48. The Bertz CT molecular complexity index is 1450. The van der Waals surface area contributed by atoms with Gasteiger partial charge < -0.3 is 15.4 Å². The van der Waals surface area contributed by atoms with E-state index in [0.29, 0.717) is 22.5 Å². The molecule has 0 aromatic heterocycles. The van der Waals surface area contributed by atoms with Crippen LogP contribution in [0, 0.1) is 5.82 Å². The summed E-state index contributed by atoms with van der Waals surface area (Å²) in [7, 11) is 0. The average molecular weight is 524 g/mol. The third kappa shape index (κ3) is 6.30. The van der Waals surface area contributed by atoms with Crippen molar-refractivity contribution in [2.75, 3.05) is 10.6 Å². The van der Waals surface area contributed by atoms with E-state index in [1.807, 2.05) is 36.4 Å². The molecule has 4 aromatic rings. The minimum Gasteiger partial charge on any atom is -0.438 e. The lowest BCUT2D eigenvalue weighted by atomic mass is 10.00. The second kappa shape index (κ2) is 11.6. The summed E-state index contributed by atoms with van der Waals surface area (Å²) >= 11 is 0. The van der Waals surface area contributed by atoms with Crippen LogP contribution in [0.1, 0.15) is 22.8 Å². The van der Waals surface area contributed by atoms with Crippen LogP contribution in [0.4, 0.5) is 20.6 Å². The summed E-state index contributed by atoms with van der Waals surface area (Å²) in [6.07, 6.45) is -1.31. The molecule has 1 aliphatic heterocycles. The first kappa shape index (κ1) is 25.7. The predicted octanol–water partition coefficient (Wildman–Crippen LogP) is 5.71. The molecule has 0 saturated carbocycles. The molecule has 3 amide bonds. The summed E-state index contributed by atoms with van der Waals surface area (Å²) in [5, 5.41) is 5.72. The predicted molar refractivity (Wildman–Crippen MR) is 145 cm³/mol. The number of cyclic esters (lactones) is 1. The Morgan fingerprint density at radius 3 is 2.03 bits per heavy atom. The highest BCUT2D eigenvalue weighted by Gasteiger charge is 2.47. The Balaban J connectivity index is 1.35. The van der Waals surface area contributed by atoms with Gasteiger partial charge in [0.15, 0.2) is 12.1 Å². The maximum absolute atomic E-state index is 13.5. The Morgan fingerprint density at radius 1 is 0.744 bits per heavy atom. The third-order valence-electron chi connectivity index (χ3n) is 6.39. The maximum atomic E-state index is 13.5. The first-order chi connectivity index (χ1) is 19.0. The molecule has 0 bridgehead atoms. The smallest absolute Gasteiger partial charge is 0.411 e. The summed E-state index contributed by atoms with van der Waals surface area (Å²) in [6, 6.07) is 30.0. The molecule has 7 nitrogen and oxygen atoms in total. The molecule has 39 heavy (non-hydrogen) atoms. The highest BCUT2D eigenvalue weighted by molar-refractivity contribution is 5.98. The molecule has 0 radical (unpaired) electrons. The number of benzene rings is 4. The second-order valence-corrected chi connectivity index (χ2v) is 9.19. The summed E-state index contributed by atoms with van der Waals surface area (Å²) in [5.41, 5.74) is 3.32. The number of carbonyl (C=O) groups excluding carboxylic acids is 3. The van der Waals surface area contributed by atoms with Crippen molar-refractivity contribution in [1.82, 2.24) is 4.90 Å². The number of amides is 3. The summed E-state index contributed by atoms with van der Waals surface area (Å²) in [6.45, 7) is 0.0656. The molecule has 1 aliphatic rings. The first-order valence-corrected chi connectivity index (χ1v) is 12.5. The lowest BCUT2D eigenvalue weighted by molar-refractivity contribution is -0.121. The number of carbonyl (C=O) groups is 3. The number of nitrogens with one attached hydrogen (secondary N) is 2. The first-order valence-electron chi connectivity index (χ1n) is 12.5. The van der Waals surface area contributed by atoms with Gasteiger partial charge in [0.25, 0.3) is 5.91 Å². The van der Waals surface area contributed by atoms with E-state index < -0.39 is 30.0 Å². The van der Waals surface area contributed by atoms with Crippen LogP contribution in [0.5, 0.6) is 0 Å². The standard InChI is InChI=1S/C31H26FN3O4/c32-24-15-11-22(12-16-24)20-35-28(30(37)34-25-9-5-2-6-10-25)29(39-31(35)38)23-13-17-26(18-14-23)33-27(36)19-21-7-3-1-4-8-21/h1-18,28-29H,19-20H2,(H,33,36)(H,34,37). The SMILES string of the molecule is O=C(Cc1ccccc1)Nc1ccc(C2OC(=O)N(Cc3ccc(F)cc3)C2C(=O)Nc2ccccc2)cc1. The Hall–Kier alpha value is -4.98. The van der Waals surface area contributed by atoms with Gasteiger partial charge in [-0.15, -0.1) is 0 Å². The molecular formula is C31H26FN3O4. The third-order valence-corrected chi connectivity index (χ3v) is 6.39. The highest BCUT2D eigenvalue weighted by Crippen LogP contribution is 2.35. The molecular weight excluding hydrogens is 497 g/mol. The molecule has 4 aromatic carbocycles. The van der Waals surface area contributed by atoms with Gasteiger partial charge in [-0.1, -0.05) is 72.8 Å². The van der Waals surface area contributed by atoms with E-state index in [1.54, 1.807) is 60.7 Å². The molecule has 1 heterocycles. The van der Waals surface area contributed by atoms with Crippen LogP contribution in [-0.4, -0.2) is 28.8 Å². The minimum atomic E-state index is -0.985. The van der Waals surface area contributed by atoms with Gasteiger partial charge in [0.05, 0.1) is 13.0 Å². The van der Waals surface area contributed by atoms with Crippen LogP contribution in [0.15, 0.2) is 109 Å². The fourth-order valence-corrected chi connectivity index (χ4v) is 4.48. The van der Waals surface area contributed by atoms with Crippen molar-refractivity contribution in [1.29, 1.82) is 0 Å². The molecule has 2 unspecified atom stereocenters. The minimum absolute atomic E-state index is 0.0656. The number of hydrogen-bond acceptors (Lipinski definition) is 4. The van der Waals surface area contributed by atoms with Crippen LogP contribution >= 0.6 is 0 Å². The maximum Gasteiger partial charge on any atom is 0.411 e.